The molecular formula is C20H19BrN4O4. The van der Waals surface area contributed by atoms with E-state index < -0.39 is 12.0 Å². The van der Waals surface area contributed by atoms with Crippen LogP contribution in [0.25, 0.3) is 11.4 Å². The molecule has 0 aliphatic heterocycles. The van der Waals surface area contributed by atoms with Crippen LogP contribution in [0.2, 0.25) is 0 Å². The third-order valence-electron chi connectivity index (χ3n) is 3.69. The van der Waals surface area contributed by atoms with Gasteiger partial charge in [0.05, 0.1) is 11.3 Å². The van der Waals surface area contributed by atoms with Crippen LogP contribution < -0.4 is 10.6 Å². The Bertz CT molecular complexity index is 1020. The quantitative estimate of drug-likeness (QED) is 0.530. The fraction of sp³-hybridized carbons (Fsp3) is 0.200. The van der Waals surface area contributed by atoms with Gasteiger partial charge in [-0.05, 0) is 38.1 Å². The zero-order chi connectivity index (χ0) is 20.8. The monoisotopic (exact) mass is 458 g/mol. The predicted octanol–water partition coefficient (Wildman–Crippen LogP) is 4.39. The van der Waals surface area contributed by atoms with E-state index in [1.54, 1.807) is 24.3 Å². The van der Waals surface area contributed by atoms with E-state index in [-0.39, 0.29) is 24.1 Å². The fourth-order valence-electron chi connectivity index (χ4n) is 2.45. The normalized spacial score (nSPS) is 10.6. The molecule has 0 saturated heterocycles. The Balaban J connectivity index is 1.65. The molecule has 150 valence electrons. The summed E-state index contributed by atoms with van der Waals surface area (Å²) in [6.45, 7) is 3.49. The molecule has 3 rings (SSSR count). The van der Waals surface area contributed by atoms with Crippen LogP contribution in [0.3, 0.4) is 0 Å². The number of hydrogen-bond donors (Lipinski definition) is 2. The Kier molecular flexibility index (Phi) is 6.61. The molecule has 0 aliphatic rings. The minimum absolute atomic E-state index is 0.0360. The van der Waals surface area contributed by atoms with Gasteiger partial charge in [0.1, 0.15) is 0 Å². The number of aromatic nitrogens is 2. The highest BCUT2D eigenvalue weighted by Gasteiger charge is 2.17. The number of para-hydroxylation sites is 1. The first-order valence-corrected chi connectivity index (χ1v) is 9.64. The van der Waals surface area contributed by atoms with E-state index in [9.17, 15) is 9.59 Å². The summed E-state index contributed by atoms with van der Waals surface area (Å²) in [4.78, 5) is 28.6. The van der Waals surface area contributed by atoms with Crippen LogP contribution >= 0.6 is 15.9 Å². The first kappa shape index (κ1) is 20.5. The molecule has 0 radical (unpaired) electrons. The predicted molar refractivity (Wildman–Crippen MR) is 110 cm³/mol. The largest absolute Gasteiger partial charge is 0.452 e. The third kappa shape index (κ3) is 5.64. The van der Waals surface area contributed by atoms with E-state index in [1.807, 2.05) is 38.1 Å². The Hall–Kier alpha value is -3.20. The summed E-state index contributed by atoms with van der Waals surface area (Å²) >= 11 is 3.39. The van der Waals surface area contributed by atoms with E-state index in [1.165, 1.54) is 0 Å². The number of rotatable bonds is 6. The van der Waals surface area contributed by atoms with Gasteiger partial charge in [-0.3, -0.25) is 0 Å². The molecule has 9 heteroatoms. The molecule has 3 aromatic rings. The number of anilines is 1. The third-order valence-corrected chi connectivity index (χ3v) is 4.19. The van der Waals surface area contributed by atoms with Crippen LogP contribution in [-0.4, -0.2) is 28.2 Å². The van der Waals surface area contributed by atoms with E-state index >= 15 is 0 Å². The van der Waals surface area contributed by atoms with Gasteiger partial charge in [0, 0.05) is 16.1 Å². The van der Waals surface area contributed by atoms with Gasteiger partial charge in [-0.2, -0.15) is 4.98 Å². The molecule has 0 aliphatic carbocycles. The second-order valence-electron chi connectivity index (χ2n) is 6.40. The Morgan fingerprint density at radius 2 is 1.97 bits per heavy atom. The minimum Gasteiger partial charge on any atom is -0.452 e. The van der Waals surface area contributed by atoms with Crippen molar-refractivity contribution in [2.45, 2.75) is 26.5 Å². The van der Waals surface area contributed by atoms with Crippen molar-refractivity contribution >= 4 is 33.6 Å². The van der Waals surface area contributed by atoms with Crippen molar-refractivity contribution in [3.8, 4) is 11.4 Å². The van der Waals surface area contributed by atoms with Crippen molar-refractivity contribution < 1.29 is 18.8 Å². The molecule has 1 aromatic heterocycles. The molecule has 0 fully saturated rings. The molecule has 2 aromatic carbocycles. The lowest BCUT2D eigenvalue weighted by atomic mass is 10.2. The van der Waals surface area contributed by atoms with Gasteiger partial charge in [-0.1, -0.05) is 45.4 Å². The number of ether oxygens (including phenoxy) is 1. The summed E-state index contributed by atoms with van der Waals surface area (Å²) in [5, 5.41) is 9.24. The number of carbonyl (C=O) groups is 2. The number of hydrogen-bond acceptors (Lipinski definition) is 6. The number of benzene rings is 2. The van der Waals surface area contributed by atoms with Gasteiger partial charge in [0.25, 0.3) is 5.89 Å². The van der Waals surface area contributed by atoms with Crippen molar-refractivity contribution in [3.05, 3.63) is 64.5 Å². The second-order valence-corrected chi connectivity index (χ2v) is 7.31. The summed E-state index contributed by atoms with van der Waals surface area (Å²) < 4.78 is 11.3. The van der Waals surface area contributed by atoms with Gasteiger partial charge in [-0.15, -0.1) is 0 Å². The molecule has 0 unspecified atom stereocenters. The molecule has 0 spiro atoms. The maximum atomic E-state index is 12.5. The number of amides is 2. The second kappa shape index (κ2) is 9.33. The first-order chi connectivity index (χ1) is 13.9. The number of urea groups is 1. The number of nitrogens with one attached hydrogen (secondary N) is 2. The van der Waals surface area contributed by atoms with E-state index in [0.717, 1.165) is 10.0 Å². The van der Waals surface area contributed by atoms with Crippen LogP contribution in [-0.2, 0) is 11.3 Å². The van der Waals surface area contributed by atoms with Crippen molar-refractivity contribution in [3.63, 3.8) is 0 Å². The number of carbonyl (C=O) groups excluding carboxylic acids is 2. The molecule has 0 saturated carbocycles. The lowest BCUT2D eigenvalue weighted by Crippen LogP contribution is -2.34. The lowest BCUT2D eigenvalue weighted by Gasteiger charge is -2.12. The summed E-state index contributed by atoms with van der Waals surface area (Å²) in [5.74, 6) is -0.0614. The average Bonchev–Trinajstić information content (AvgIpc) is 3.15. The molecule has 29 heavy (non-hydrogen) atoms. The van der Waals surface area contributed by atoms with Gasteiger partial charge in [0.15, 0.2) is 6.61 Å². The summed E-state index contributed by atoms with van der Waals surface area (Å²) in [5.41, 5.74) is 1.33. The van der Waals surface area contributed by atoms with Gasteiger partial charge in [-0.25, -0.2) is 9.59 Å². The van der Waals surface area contributed by atoms with Crippen molar-refractivity contribution in [1.29, 1.82) is 0 Å². The molecule has 0 atom stereocenters. The Morgan fingerprint density at radius 1 is 1.17 bits per heavy atom. The average molecular weight is 459 g/mol. The van der Waals surface area contributed by atoms with E-state index in [4.69, 9.17) is 9.26 Å². The van der Waals surface area contributed by atoms with Gasteiger partial charge in [0.2, 0.25) is 5.82 Å². The lowest BCUT2D eigenvalue weighted by molar-refractivity contribution is 0.0431. The molecule has 2 N–H and O–H groups in total. The minimum atomic E-state index is -0.618. The summed E-state index contributed by atoms with van der Waals surface area (Å²) in [7, 11) is 0. The van der Waals surface area contributed by atoms with Crippen molar-refractivity contribution in [2.75, 3.05) is 5.32 Å². The van der Waals surface area contributed by atoms with Gasteiger partial charge < -0.3 is 19.9 Å². The van der Waals surface area contributed by atoms with Crippen LogP contribution in [0, 0.1) is 0 Å². The summed E-state index contributed by atoms with van der Waals surface area (Å²) in [6, 6.07) is 13.6. The fourth-order valence-corrected chi connectivity index (χ4v) is 2.85. The number of esters is 1. The zero-order valence-electron chi connectivity index (χ0n) is 15.8. The highest BCUT2D eigenvalue weighted by molar-refractivity contribution is 9.10. The summed E-state index contributed by atoms with van der Waals surface area (Å²) in [6.07, 6.45) is 0. The SMILES string of the molecule is CC(C)NC(=O)Nc1ccccc1C(=O)OCc1nc(-c2cccc(Br)c2)no1. The first-order valence-electron chi connectivity index (χ1n) is 8.84. The molecule has 8 nitrogen and oxygen atoms in total. The molecular weight excluding hydrogens is 440 g/mol. The Labute approximate surface area is 175 Å². The van der Waals surface area contributed by atoms with Crippen LogP contribution in [0.15, 0.2) is 57.5 Å². The highest BCUT2D eigenvalue weighted by atomic mass is 79.9. The maximum absolute atomic E-state index is 12.5. The highest BCUT2D eigenvalue weighted by Crippen LogP contribution is 2.21. The van der Waals surface area contributed by atoms with Crippen molar-refractivity contribution in [1.82, 2.24) is 15.5 Å². The molecule has 1 heterocycles. The topological polar surface area (TPSA) is 106 Å². The number of nitrogens with zero attached hydrogens (tertiary/aromatic N) is 2. The van der Waals surface area contributed by atoms with Crippen LogP contribution in [0.4, 0.5) is 10.5 Å². The van der Waals surface area contributed by atoms with Crippen LogP contribution in [0.5, 0.6) is 0 Å². The Morgan fingerprint density at radius 3 is 2.72 bits per heavy atom. The van der Waals surface area contributed by atoms with Gasteiger partial charge >= 0.3 is 12.0 Å². The number of halogens is 1. The maximum Gasteiger partial charge on any atom is 0.340 e. The van der Waals surface area contributed by atoms with E-state index in [2.05, 4.69) is 36.7 Å². The zero-order valence-corrected chi connectivity index (χ0v) is 17.4. The molecule has 0 bridgehead atoms. The standard InChI is InChI=1S/C20H19BrN4O4/c1-12(2)22-20(27)23-16-9-4-3-8-15(16)19(26)28-11-17-24-18(25-29-17)13-6-5-7-14(21)10-13/h3-10,12H,11H2,1-2H3,(H2,22,23,27). The van der Waals surface area contributed by atoms with E-state index in [0.29, 0.717) is 11.5 Å². The van der Waals surface area contributed by atoms with Crippen LogP contribution in [0.1, 0.15) is 30.1 Å². The molecule has 2 amide bonds. The smallest absolute Gasteiger partial charge is 0.340 e. The van der Waals surface area contributed by atoms with Crippen molar-refractivity contribution in [2.24, 2.45) is 0 Å².